The molecule has 1 aromatic heterocycles. The first-order chi connectivity index (χ1) is 11.4. The SMILES string of the molecule is CC[C@@H](C)NC(=O)C(C)(C)c1ccc(-c2cncc(C#N)n2)cc1. The van der Waals surface area contributed by atoms with Crippen molar-refractivity contribution in [3.63, 3.8) is 0 Å². The summed E-state index contributed by atoms with van der Waals surface area (Å²) in [6.07, 6.45) is 3.95. The summed E-state index contributed by atoms with van der Waals surface area (Å²) in [5, 5.41) is 11.9. The maximum absolute atomic E-state index is 12.5. The summed E-state index contributed by atoms with van der Waals surface area (Å²) in [6.45, 7) is 7.87. The van der Waals surface area contributed by atoms with Gasteiger partial charge < -0.3 is 5.32 Å². The highest BCUT2D eigenvalue weighted by Gasteiger charge is 2.30. The zero-order valence-electron chi connectivity index (χ0n) is 14.5. The van der Waals surface area contributed by atoms with Crippen LogP contribution >= 0.6 is 0 Å². The molecule has 0 aliphatic carbocycles. The Morgan fingerprint density at radius 1 is 1.29 bits per heavy atom. The molecule has 1 heterocycles. The molecule has 2 aromatic rings. The van der Waals surface area contributed by atoms with Crippen molar-refractivity contribution in [1.29, 1.82) is 5.26 Å². The van der Waals surface area contributed by atoms with Gasteiger partial charge in [0, 0.05) is 11.6 Å². The summed E-state index contributed by atoms with van der Waals surface area (Å²) < 4.78 is 0. The monoisotopic (exact) mass is 322 g/mol. The number of nitrogens with one attached hydrogen (secondary N) is 1. The lowest BCUT2D eigenvalue weighted by Crippen LogP contribution is -2.43. The van der Waals surface area contributed by atoms with Gasteiger partial charge in [0.05, 0.1) is 23.5 Å². The third kappa shape index (κ3) is 3.77. The number of hydrogen-bond donors (Lipinski definition) is 1. The van der Waals surface area contributed by atoms with Crippen molar-refractivity contribution in [2.24, 2.45) is 0 Å². The number of rotatable bonds is 5. The van der Waals surface area contributed by atoms with E-state index in [2.05, 4.69) is 15.3 Å². The normalized spacial score (nSPS) is 12.3. The Hall–Kier alpha value is -2.74. The summed E-state index contributed by atoms with van der Waals surface area (Å²) >= 11 is 0. The zero-order chi connectivity index (χ0) is 17.7. The van der Waals surface area contributed by atoms with Crippen molar-refractivity contribution < 1.29 is 4.79 Å². The molecule has 0 saturated heterocycles. The Kier molecular flexibility index (Phi) is 5.30. The molecule has 24 heavy (non-hydrogen) atoms. The molecule has 0 fully saturated rings. The molecular weight excluding hydrogens is 300 g/mol. The molecule has 5 nitrogen and oxygen atoms in total. The van der Waals surface area contributed by atoms with Crippen LogP contribution in [0.5, 0.6) is 0 Å². The second-order valence-corrected chi connectivity index (χ2v) is 6.39. The Morgan fingerprint density at radius 3 is 2.54 bits per heavy atom. The van der Waals surface area contributed by atoms with Crippen LogP contribution in [0.4, 0.5) is 0 Å². The van der Waals surface area contributed by atoms with Gasteiger partial charge in [0.2, 0.25) is 5.91 Å². The van der Waals surface area contributed by atoms with Crippen LogP contribution in [0, 0.1) is 11.3 Å². The highest BCUT2D eigenvalue weighted by atomic mass is 16.2. The molecule has 2 rings (SSSR count). The number of carbonyl (C=O) groups excluding carboxylic acids is 1. The first-order valence-corrected chi connectivity index (χ1v) is 8.02. The summed E-state index contributed by atoms with van der Waals surface area (Å²) in [7, 11) is 0. The molecule has 1 atom stereocenters. The highest BCUT2D eigenvalue weighted by molar-refractivity contribution is 5.87. The minimum absolute atomic E-state index is 0.0101. The molecule has 0 spiro atoms. The Bertz CT molecular complexity index is 760. The quantitative estimate of drug-likeness (QED) is 0.917. The van der Waals surface area contributed by atoms with Crippen LogP contribution in [0.25, 0.3) is 11.3 Å². The molecule has 0 unspecified atom stereocenters. The highest BCUT2D eigenvalue weighted by Crippen LogP contribution is 2.26. The predicted molar refractivity (Wildman–Crippen MR) is 93.1 cm³/mol. The molecule has 5 heteroatoms. The minimum atomic E-state index is -0.623. The smallest absolute Gasteiger partial charge is 0.230 e. The fourth-order valence-electron chi connectivity index (χ4n) is 2.25. The largest absolute Gasteiger partial charge is 0.353 e. The summed E-state index contributed by atoms with van der Waals surface area (Å²) in [5.41, 5.74) is 2.09. The Labute approximate surface area is 142 Å². The molecule has 124 valence electrons. The third-order valence-electron chi connectivity index (χ3n) is 4.21. The van der Waals surface area contributed by atoms with Crippen LogP contribution in [0.3, 0.4) is 0 Å². The van der Waals surface area contributed by atoms with Crippen molar-refractivity contribution in [2.75, 3.05) is 0 Å². The van der Waals surface area contributed by atoms with Crippen molar-refractivity contribution in [1.82, 2.24) is 15.3 Å². The van der Waals surface area contributed by atoms with E-state index < -0.39 is 5.41 Å². The second-order valence-electron chi connectivity index (χ2n) is 6.39. The van der Waals surface area contributed by atoms with Crippen LogP contribution in [-0.2, 0) is 10.2 Å². The number of amides is 1. The van der Waals surface area contributed by atoms with E-state index in [4.69, 9.17) is 5.26 Å². The van der Waals surface area contributed by atoms with Gasteiger partial charge in [-0.15, -0.1) is 0 Å². The van der Waals surface area contributed by atoms with Gasteiger partial charge in [0.15, 0.2) is 5.69 Å². The van der Waals surface area contributed by atoms with E-state index in [9.17, 15) is 4.79 Å². The van der Waals surface area contributed by atoms with Crippen molar-refractivity contribution >= 4 is 5.91 Å². The standard InChI is InChI=1S/C19H22N4O/c1-5-13(2)22-18(24)19(3,4)15-8-6-14(7-9-15)17-12-21-11-16(10-20)23-17/h6-9,11-13H,5H2,1-4H3,(H,22,24)/t13-/m1/s1. The number of nitriles is 1. The first kappa shape index (κ1) is 17.6. The third-order valence-corrected chi connectivity index (χ3v) is 4.21. The maximum atomic E-state index is 12.5. The van der Waals surface area contributed by atoms with Crippen LogP contribution in [0.15, 0.2) is 36.7 Å². The Morgan fingerprint density at radius 2 is 1.96 bits per heavy atom. The van der Waals surface area contributed by atoms with Gasteiger partial charge in [0.25, 0.3) is 0 Å². The molecule has 0 aliphatic rings. The zero-order valence-corrected chi connectivity index (χ0v) is 14.5. The molecule has 1 aromatic carbocycles. The number of hydrogen-bond acceptors (Lipinski definition) is 4. The molecule has 1 N–H and O–H groups in total. The average molecular weight is 322 g/mol. The lowest BCUT2D eigenvalue weighted by Gasteiger charge is -2.26. The number of benzene rings is 1. The van der Waals surface area contributed by atoms with Gasteiger partial charge in [0.1, 0.15) is 6.07 Å². The first-order valence-electron chi connectivity index (χ1n) is 8.02. The van der Waals surface area contributed by atoms with E-state index in [1.54, 1.807) is 6.20 Å². The molecule has 1 amide bonds. The van der Waals surface area contributed by atoms with E-state index in [-0.39, 0.29) is 17.6 Å². The van der Waals surface area contributed by atoms with Gasteiger partial charge in [-0.05, 0) is 32.8 Å². The van der Waals surface area contributed by atoms with Crippen LogP contribution in [0.1, 0.15) is 45.4 Å². The van der Waals surface area contributed by atoms with E-state index in [0.29, 0.717) is 5.69 Å². The van der Waals surface area contributed by atoms with E-state index in [1.165, 1.54) is 6.20 Å². The van der Waals surface area contributed by atoms with Crippen molar-refractivity contribution in [2.45, 2.75) is 45.6 Å². The minimum Gasteiger partial charge on any atom is -0.353 e. The fourth-order valence-corrected chi connectivity index (χ4v) is 2.25. The topological polar surface area (TPSA) is 78.7 Å². The summed E-state index contributed by atoms with van der Waals surface area (Å²) in [4.78, 5) is 20.8. The van der Waals surface area contributed by atoms with Gasteiger partial charge in [-0.3, -0.25) is 9.78 Å². The van der Waals surface area contributed by atoms with E-state index >= 15 is 0 Å². The lowest BCUT2D eigenvalue weighted by atomic mass is 9.83. The number of carbonyl (C=O) groups is 1. The number of nitrogens with zero attached hydrogens (tertiary/aromatic N) is 3. The van der Waals surface area contributed by atoms with Gasteiger partial charge in [-0.1, -0.05) is 31.2 Å². The summed E-state index contributed by atoms with van der Waals surface area (Å²) in [5.74, 6) is 0.0101. The van der Waals surface area contributed by atoms with Crippen LogP contribution in [0.2, 0.25) is 0 Å². The van der Waals surface area contributed by atoms with E-state index in [1.807, 2.05) is 58.0 Å². The maximum Gasteiger partial charge on any atom is 0.230 e. The van der Waals surface area contributed by atoms with Gasteiger partial charge in [-0.25, -0.2) is 4.98 Å². The lowest BCUT2D eigenvalue weighted by molar-refractivity contribution is -0.126. The van der Waals surface area contributed by atoms with Crippen LogP contribution in [-0.4, -0.2) is 21.9 Å². The van der Waals surface area contributed by atoms with Crippen molar-refractivity contribution in [3.05, 3.63) is 47.9 Å². The van der Waals surface area contributed by atoms with Gasteiger partial charge in [-0.2, -0.15) is 5.26 Å². The summed E-state index contributed by atoms with van der Waals surface area (Å²) in [6, 6.07) is 9.79. The fraction of sp³-hybridized carbons (Fsp3) is 0.368. The molecule has 0 radical (unpaired) electrons. The average Bonchev–Trinajstić information content (AvgIpc) is 2.61. The molecular formula is C19H22N4O. The van der Waals surface area contributed by atoms with Gasteiger partial charge >= 0.3 is 0 Å². The molecule has 0 bridgehead atoms. The Balaban J connectivity index is 2.25. The molecule has 0 aliphatic heterocycles. The van der Waals surface area contributed by atoms with Crippen molar-refractivity contribution in [3.8, 4) is 17.3 Å². The van der Waals surface area contributed by atoms with E-state index in [0.717, 1.165) is 17.5 Å². The second kappa shape index (κ2) is 7.22. The van der Waals surface area contributed by atoms with Crippen LogP contribution < -0.4 is 5.32 Å². The number of aromatic nitrogens is 2. The molecule has 0 saturated carbocycles. The predicted octanol–water partition coefficient (Wildman–Crippen LogP) is 3.21.